The predicted octanol–water partition coefficient (Wildman–Crippen LogP) is 2.18. The fourth-order valence-corrected chi connectivity index (χ4v) is 3.97. The van der Waals surface area contributed by atoms with Crippen molar-refractivity contribution in [1.82, 2.24) is 0 Å². The molecule has 0 amide bonds. The molecule has 0 fully saturated rings. The second kappa shape index (κ2) is 10.5. The lowest BCUT2D eigenvalue weighted by Crippen LogP contribution is -2.40. The molecule has 0 saturated heterocycles. The molecular weight excluding hydrogens is 236 g/mol. The van der Waals surface area contributed by atoms with Crippen LogP contribution in [0, 0.1) is 0 Å². The minimum Gasteiger partial charge on any atom is -0.513 e. The molecule has 0 N–H and O–H groups in total. The Morgan fingerprint density at radius 2 is 1.88 bits per heavy atom. The zero-order valence-corrected chi connectivity index (χ0v) is 12.3. The summed E-state index contributed by atoms with van der Waals surface area (Å²) in [5, 5.41) is 0. The van der Waals surface area contributed by atoms with E-state index in [9.17, 15) is 4.79 Å². The summed E-state index contributed by atoms with van der Waals surface area (Å²) in [6.07, 6.45) is 3.29. The van der Waals surface area contributed by atoms with Gasteiger partial charge < -0.3 is 13.9 Å². The van der Waals surface area contributed by atoms with Crippen molar-refractivity contribution in [2.75, 3.05) is 13.2 Å². The second-order valence-electron chi connectivity index (χ2n) is 3.60. The Morgan fingerprint density at radius 3 is 2.29 bits per heavy atom. The van der Waals surface area contributed by atoms with Crippen LogP contribution in [0.4, 0.5) is 0 Å². The van der Waals surface area contributed by atoms with Crippen LogP contribution in [0.2, 0.25) is 6.04 Å². The highest BCUT2D eigenvalue weighted by atomic mass is 28.3. The summed E-state index contributed by atoms with van der Waals surface area (Å²) >= 11 is 0. The van der Waals surface area contributed by atoms with E-state index in [0.717, 1.165) is 18.9 Å². The Balaban J connectivity index is 4.46. The van der Waals surface area contributed by atoms with Gasteiger partial charge in [-0.05, 0) is 19.9 Å². The number of hydrogen-bond donors (Lipinski definition) is 0. The summed E-state index contributed by atoms with van der Waals surface area (Å²) in [6, 6.07) is 0.876. The molecule has 0 saturated carbocycles. The van der Waals surface area contributed by atoms with Crippen molar-refractivity contribution in [3.8, 4) is 0 Å². The van der Waals surface area contributed by atoms with Crippen LogP contribution >= 0.6 is 0 Å². The lowest BCUT2D eigenvalue weighted by atomic mass is 10.4. The summed E-state index contributed by atoms with van der Waals surface area (Å²) in [7, 11) is -1.84. The molecule has 4 nitrogen and oxygen atoms in total. The standard InChI is InChI=1S/C12H24O4Si/c1-5-9-10-17(16-11(13)6-2)12(14-7-3)15-8-4/h6,12,17H,2,5,7-10H2,1,3-4H3. The number of carbonyl (C=O) groups excluding carboxylic acids is 1. The fourth-order valence-electron chi connectivity index (χ4n) is 1.44. The van der Waals surface area contributed by atoms with Gasteiger partial charge in [0, 0.05) is 19.3 Å². The van der Waals surface area contributed by atoms with Gasteiger partial charge in [0.1, 0.15) is 0 Å². The minimum absolute atomic E-state index is 0.347. The van der Waals surface area contributed by atoms with Gasteiger partial charge in [-0.1, -0.05) is 26.3 Å². The highest BCUT2D eigenvalue weighted by Crippen LogP contribution is 2.11. The van der Waals surface area contributed by atoms with Crippen LogP contribution in [0.15, 0.2) is 12.7 Å². The lowest BCUT2D eigenvalue weighted by molar-refractivity contribution is -0.133. The number of ether oxygens (including phenoxy) is 2. The molecule has 0 aromatic heterocycles. The smallest absolute Gasteiger partial charge is 0.316 e. The van der Waals surface area contributed by atoms with Gasteiger partial charge >= 0.3 is 5.97 Å². The van der Waals surface area contributed by atoms with Gasteiger partial charge in [0.2, 0.25) is 0 Å². The van der Waals surface area contributed by atoms with E-state index in [1.807, 2.05) is 13.8 Å². The molecule has 0 heterocycles. The molecule has 100 valence electrons. The SMILES string of the molecule is C=CC(=O)O[SiH](CCCC)C(OCC)OCC. The molecule has 0 spiro atoms. The zero-order valence-electron chi connectivity index (χ0n) is 11.1. The Kier molecular flexibility index (Phi) is 10.1. The molecule has 0 rings (SSSR count). The van der Waals surface area contributed by atoms with E-state index < -0.39 is 9.04 Å². The van der Waals surface area contributed by atoms with Crippen molar-refractivity contribution in [3.05, 3.63) is 12.7 Å². The Morgan fingerprint density at radius 1 is 1.29 bits per heavy atom. The van der Waals surface area contributed by atoms with Gasteiger partial charge in [-0.15, -0.1) is 0 Å². The molecule has 0 aliphatic carbocycles. The first-order valence-corrected chi connectivity index (χ1v) is 8.21. The third-order valence-corrected chi connectivity index (χ3v) is 4.75. The summed E-state index contributed by atoms with van der Waals surface area (Å²) in [4.78, 5) is 11.3. The van der Waals surface area contributed by atoms with Crippen LogP contribution < -0.4 is 0 Å². The first-order chi connectivity index (χ1) is 8.19. The van der Waals surface area contributed by atoms with E-state index in [0.29, 0.717) is 13.2 Å². The fraction of sp³-hybridized carbons (Fsp3) is 0.750. The first-order valence-electron chi connectivity index (χ1n) is 6.25. The average Bonchev–Trinajstić information content (AvgIpc) is 2.34. The van der Waals surface area contributed by atoms with Crippen LogP contribution in [0.3, 0.4) is 0 Å². The summed E-state index contributed by atoms with van der Waals surface area (Å²) in [5.74, 6) is -0.720. The number of rotatable bonds is 10. The quantitative estimate of drug-likeness (QED) is 0.343. The van der Waals surface area contributed by atoms with Crippen molar-refractivity contribution >= 4 is 15.0 Å². The largest absolute Gasteiger partial charge is 0.513 e. The number of hydrogen-bond acceptors (Lipinski definition) is 4. The van der Waals surface area contributed by atoms with E-state index in [4.69, 9.17) is 13.9 Å². The highest BCUT2D eigenvalue weighted by molar-refractivity contribution is 6.55. The van der Waals surface area contributed by atoms with E-state index in [2.05, 4.69) is 13.5 Å². The maximum Gasteiger partial charge on any atom is 0.316 e. The number of carbonyl (C=O) groups is 1. The van der Waals surface area contributed by atoms with Gasteiger partial charge in [-0.25, -0.2) is 4.79 Å². The Bertz CT molecular complexity index is 215. The third kappa shape index (κ3) is 7.30. The first kappa shape index (κ1) is 16.3. The van der Waals surface area contributed by atoms with Gasteiger partial charge in [0.15, 0.2) is 5.91 Å². The monoisotopic (exact) mass is 260 g/mol. The average molecular weight is 260 g/mol. The van der Waals surface area contributed by atoms with Crippen molar-refractivity contribution in [2.24, 2.45) is 0 Å². The minimum atomic E-state index is -1.84. The second-order valence-corrected chi connectivity index (χ2v) is 6.04. The molecule has 0 aliphatic heterocycles. The van der Waals surface area contributed by atoms with Crippen molar-refractivity contribution in [2.45, 2.75) is 45.6 Å². The number of unbranched alkanes of at least 4 members (excludes halogenated alkanes) is 1. The summed E-state index contributed by atoms with van der Waals surface area (Å²) in [6.45, 7) is 10.5. The van der Waals surface area contributed by atoms with E-state index in [1.165, 1.54) is 6.08 Å². The van der Waals surface area contributed by atoms with Crippen molar-refractivity contribution in [3.63, 3.8) is 0 Å². The maximum atomic E-state index is 11.3. The molecule has 5 heteroatoms. The maximum absolute atomic E-state index is 11.3. The Labute approximate surface area is 106 Å². The van der Waals surface area contributed by atoms with Gasteiger partial charge in [0.25, 0.3) is 9.04 Å². The van der Waals surface area contributed by atoms with Crippen LogP contribution in [0.1, 0.15) is 33.6 Å². The predicted molar refractivity (Wildman–Crippen MR) is 70.2 cm³/mol. The third-order valence-electron chi connectivity index (χ3n) is 2.24. The molecule has 1 atom stereocenters. The van der Waals surface area contributed by atoms with Gasteiger partial charge in [0.05, 0.1) is 0 Å². The van der Waals surface area contributed by atoms with E-state index >= 15 is 0 Å². The molecule has 0 aliphatic rings. The molecule has 0 bridgehead atoms. The van der Waals surface area contributed by atoms with Crippen molar-refractivity contribution < 1.29 is 18.7 Å². The van der Waals surface area contributed by atoms with Crippen LogP contribution in [0.25, 0.3) is 0 Å². The van der Waals surface area contributed by atoms with Gasteiger partial charge in [-0.3, -0.25) is 0 Å². The molecule has 17 heavy (non-hydrogen) atoms. The zero-order chi connectivity index (χ0) is 13.1. The van der Waals surface area contributed by atoms with Crippen molar-refractivity contribution in [1.29, 1.82) is 0 Å². The molecule has 0 radical (unpaired) electrons. The highest BCUT2D eigenvalue weighted by Gasteiger charge is 2.28. The van der Waals surface area contributed by atoms with Crippen LogP contribution in [-0.2, 0) is 18.7 Å². The summed E-state index contributed by atoms with van der Waals surface area (Å²) in [5.41, 5.74) is 0. The molecule has 0 aromatic carbocycles. The topological polar surface area (TPSA) is 44.8 Å². The normalized spacial score (nSPS) is 12.5. The van der Waals surface area contributed by atoms with E-state index in [1.54, 1.807) is 0 Å². The van der Waals surface area contributed by atoms with Crippen LogP contribution in [-0.4, -0.2) is 34.1 Å². The lowest BCUT2D eigenvalue weighted by Gasteiger charge is -2.24. The molecule has 0 aromatic rings. The molecular formula is C12H24O4Si. The Hall–Kier alpha value is -0.653. The van der Waals surface area contributed by atoms with Gasteiger partial charge in [-0.2, -0.15) is 0 Å². The molecule has 1 unspecified atom stereocenters. The van der Waals surface area contributed by atoms with Crippen LogP contribution in [0.5, 0.6) is 0 Å². The summed E-state index contributed by atoms with van der Waals surface area (Å²) < 4.78 is 16.4. The van der Waals surface area contributed by atoms with E-state index in [-0.39, 0.29) is 11.9 Å².